The number of likely N-dealkylation sites (tertiary alicyclic amines) is 1. The summed E-state index contributed by atoms with van der Waals surface area (Å²) in [5.41, 5.74) is 2.49. The summed E-state index contributed by atoms with van der Waals surface area (Å²) in [5.74, 6) is -0.129. The minimum absolute atomic E-state index is 0.0684. The topological polar surface area (TPSA) is 74.4 Å². The van der Waals surface area contributed by atoms with Gasteiger partial charge in [0.15, 0.2) is 0 Å². The number of hydrogen-bond donors (Lipinski definition) is 2. The molecule has 1 atom stereocenters. The van der Waals surface area contributed by atoms with Crippen LogP contribution in [0.2, 0.25) is 0 Å². The van der Waals surface area contributed by atoms with E-state index in [4.69, 9.17) is 4.74 Å². The molecule has 2 aromatic carbocycles. The van der Waals surface area contributed by atoms with Crippen LogP contribution in [0.15, 0.2) is 60.8 Å². The molecule has 2 N–H and O–H groups in total. The number of ether oxygens (including phenoxy) is 1. The molecule has 0 aliphatic carbocycles. The predicted octanol–water partition coefficient (Wildman–Crippen LogP) is 3.31. The second-order valence-corrected chi connectivity index (χ2v) is 6.72. The third kappa shape index (κ3) is 3.95. The third-order valence-electron chi connectivity index (χ3n) is 4.80. The summed E-state index contributed by atoms with van der Waals surface area (Å²) in [7, 11) is 0. The first kappa shape index (κ1) is 17.1. The standard InChI is InChI=1S/C21H21N3O3/c25-20(17-7-6-16-8-10-22-19(16)12-17)23-18-9-11-24(13-18)21(26)27-14-15-4-2-1-3-5-15/h1-8,10,12,18,22H,9,11,13-14H2,(H,23,25). The molecule has 3 aromatic rings. The minimum atomic E-state index is -0.344. The van der Waals surface area contributed by atoms with Gasteiger partial charge in [0, 0.05) is 36.4 Å². The van der Waals surface area contributed by atoms with Crippen LogP contribution in [0.25, 0.3) is 10.9 Å². The Hall–Kier alpha value is -3.28. The van der Waals surface area contributed by atoms with E-state index in [1.54, 1.807) is 4.90 Å². The molecule has 0 spiro atoms. The molecule has 4 rings (SSSR count). The zero-order chi connectivity index (χ0) is 18.6. The largest absolute Gasteiger partial charge is 0.445 e. The second-order valence-electron chi connectivity index (χ2n) is 6.72. The van der Waals surface area contributed by atoms with E-state index in [2.05, 4.69) is 10.3 Å². The van der Waals surface area contributed by atoms with Crippen LogP contribution in [0.4, 0.5) is 4.79 Å². The van der Waals surface area contributed by atoms with Gasteiger partial charge in [0.1, 0.15) is 6.61 Å². The van der Waals surface area contributed by atoms with Gasteiger partial charge in [-0.05, 0) is 35.6 Å². The Labute approximate surface area is 157 Å². The summed E-state index contributed by atoms with van der Waals surface area (Å²) < 4.78 is 5.36. The van der Waals surface area contributed by atoms with Gasteiger partial charge in [-0.1, -0.05) is 36.4 Å². The highest BCUT2D eigenvalue weighted by Crippen LogP contribution is 2.16. The Balaban J connectivity index is 1.29. The lowest BCUT2D eigenvalue weighted by molar-refractivity contribution is 0.0922. The Morgan fingerprint density at radius 3 is 2.85 bits per heavy atom. The first-order chi connectivity index (χ1) is 13.2. The number of H-pyrrole nitrogens is 1. The molecule has 1 saturated heterocycles. The number of carbonyl (C=O) groups excluding carboxylic acids is 2. The van der Waals surface area contributed by atoms with E-state index in [9.17, 15) is 9.59 Å². The summed E-state index contributed by atoms with van der Waals surface area (Å²) >= 11 is 0. The summed E-state index contributed by atoms with van der Waals surface area (Å²) in [6, 6.07) is 17.0. The van der Waals surface area contributed by atoms with Crippen LogP contribution in [0, 0.1) is 0 Å². The van der Waals surface area contributed by atoms with Crippen LogP contribution in [-0.4, -0.2) is 41.0 Å². The number of nitrogens with one attached hydrogen (secondary N) is 2. The third-order valence-corrected chi connectivity index (χ3v) is 4.80. The molecule has 0 bridgehead atoms. The van der Waals surface area contributed by atoms with Crippen LogP contribution >= 0.6 is 0 Å². The number of amides is 2. The van der Waals surface area contributed by atoms with E-state index >= 15 is 0 Å². The molecule has 2 amide bonds. The minimum Gasteiger partial charge on any atom is -0.445 e. The van der Waals surface area contributed by atoms with Gasteiger partial charge in [-0.2, -0.15) is 0 Å². The Morgan fingerprint density at radius 1 is 1.15 bits per heavy atom. The van der Waals surface area contributed by atoms with Crippen molar-refractivity contribution < 1.29 is 14.3 Å². The molecule has 2 heterocycles. The maximum absolute atomic E-state index is 12.5. The molecule has 1 aromatic heterocycles. The summed E-state index contributed by atoms with van der Waals surface area (Å²) in [5, 5.41) is 4.08. The zero-order valence-electron chi connectivity index (χ0n) is 14.9. The number of nitrogens with zero attached hydrogens (tertiary/aromatic N) is 1. The first-order valence-corrected chi connectivity index (χ1v) is 9.03. The Morgan fingerprint density at radius 2 is 2.00 bits per heavy atom. The summed E-state index contributed by atoms with van der Waals surface area (Å²) in [4.78, 5) is 29.5. The lowest BCUT2D eigenvalue weighted by atomic mass is 10.1. The van der Waals surface area contributed by atoms with E-state index in [1.165, 1.54) is 0 Å². The predicted molar refractivity (Wildman–Crippen MR) is 102 cm³/mol. The van der Waals surface area contributed by atoms with Gasteiger partial charge in [0.25, 0.3) is 5.91 Å². The van der Waals surface area contributed by atoms with E-state index < -0.39 is 0 Å². The van der Waals surface area contributed by atoms with Gasteiger partial charge in [-0.15, -0.1) is 0 Å². The molecular formula is C21H21N3O3. The van der Waals surface area contributed by atoms with Crippen molar-refractivity contribution in [2.75, 3.05) is 13.1 Å². The van der Waals surface area contributed by atoms with Crippen molar-refractivity contribution in [1.82, 2.24) is 15.2 Å². The molecule has 1 aliphatic heterocycles. The highest BCUT2D eigenvalue weighted by molar-refractivity contribution is 5.98. The lowest BCUT2D eigenvalue weighted by Crippen LogP contribution is -2.38. The van der Waals surface area contributed by atoms with Gasteiger partial charge in [-0.25, -0.2) is 4.79 Å². The maximum atomic E-state index is 12.5. The fraction of sp³-hybridized carbons (Fsp3) is 0.238. The number of aromatic amines is 1. The van der Waals surface area contributed by atoms with Crippen LogP contribution in [0.3, 0.4) is 0 Å². The monoisotopic (exact) mass is 363 g/mol. The van der Waals surface area contributed by atoms with Crippen molar-refractivity contribution in [2.24, 2.45) is 0 Å². The maximum Gasteiger partial charge on any atom is 0.410 e. The van der Waals surface area contributed by atoms with E-state index in [0.29, 0.717) is 18.7 Å². The molecule has 6 heteroatoms. The zero-order valence-corrected chi connectivity index (χ0v) is 14.9. The quantitative estimate of drug-likeness (QED) is 0.747. The van der Waals surface area contributed by atoms with Crippen molar-refractivity contribution in [3.8, 4) is 0 Å². The van der Waals surface area contributed by atoms with Crippen LogP contribution in [0.1, 0.15) is 22.3 Å². The molecule has 6 nitrogen and oxygen atoms in total. The first-order valence-electron chi connectivity index (χ1n) is 9.03. The molecule has 1 aliphatic rings. The fourth-order valence-corrected chi connectivity index (χ4v) is 3.31. The van der Waals surface area contributed by atoms with Crippen molar-refractivity contribution in [3.05, 3.63) is 71.9 Å². The average Bonchev–Trinajstić information content (AvgIpc) is 3.35. The van der Waals surface area contributed by atoms with Gasteiger partial charge < -0.3 is 19.9 Å². The van der Waals surface area contributed by atoms with Gasteiger partial charge in [0.05, 0.1) is 0 Å². The number of carbonyl (C=O) groups is 2. The molecule has 0 radical (unpaired) electrons. The lowest BCUT2D eigenvalue weighted by Gasteiger charge is -2.17. The fourth-order valence-electron chi connectivity index (χ4n) is 3.31. The number of rotatable bonds is 4. The molecule has 27 heavy (non-hydrogen) atoms. The highest BCUT2D eigenvalue weighted by Gasteiger charge is 2.28. The van der Waals surface area contributed by atoms with Crippen molar-refractivity contribution in [1.29, 1.82) is 0 Å². The van der Waals surface area contributed by atoms with Crippen molar-refractivity contribution >= 4 is 22.9 Å². The van der Waals surface area contributed by atoms with Crippen molar-refractivity contribution in [3.63, 3.8) is 0 Å². The Kier molecular flexibility index (Phi) is 4.78. The molecule has 0 saturated carbocycles. The average molecular weight is 363 g/mol. The van der Waals surface area contributed by atoms with Gasteiger partial charge in [0.2, 0.25) is 0 Å². The number of benzene rings is 2. The van der Waals surface area contributed by atoms with Crippen LogP contribution in [0.5, 0.6) is 0 Å². The number of aromatic nitrogens is 1. The molecule has 1 fully saturated rings. The number of fused-ring (bicyclic) bond motifs is 1. The summed E-state index contributed by atoms with van der Waals surface area (Å²) in [6.45, 7) is 1.29. The highest BCUT2D eigenvalue weighted by atomic mass is 16.6. The van der Waals surface area contributed by atoms with Crippen LogP contribution < -0.4 is 5.32 Å². The normalized spacial score (nSPS) is 16.4. The number of hydrogen-bond acceptors (Lipinski definition) is 3. The van der Waals surface area contributed by atoms with Crippen LogP contribution in [-0.2, 0) is 11.3 Å². The Bertz CT molecular complexity index is 951. The summed E-state index contributed by atoms with van der Waals surface area (Å²) in [6.07, 6.45) is 2.22. The van der Waals surface area contributed by atoms with E-state index in [0.717, 1.165) is 22.9 Å². The van der Waals surface area contributed by atoms with E-state index in [-0.39, 0.29) is 24.6 Å². The van der Waals surface area contributed by atoms with Crippen molar-refractivity contribution in [2.45, 2.75) is 19.1 Å². The van der Waals surface area contributed by atoms with Gasteiger partial charge in [-0.3, -0.25) is 4.79 Å². The molecule has 1 unspecified atom stereocenters. The molecular weight excluding hydrogens is 342 g/mol. The smallest absolute Gasteiger partial charge is 0.410 e. The SMILES string of the molecule is O=C(NC1CCN(C(=O)OCc2ccccc2)C1)c1ccc2cc[nH]c2c1. The van der Waals surface area contributed by atoms with E-state index in [1.807, 2.05) is 60.8 Å². The second kappa shape index (κ2) is 7.53. The van der Waals surface area contributed by atoms with Gasteiger partial charge >= 0.3 is 6.09 Å². The molecule has 138 valence electrons.